The second-order valence-electron chi connectivity index (χ2n) is 6.49. The lowest BCUT2D eigenvalue weighted by Gasteiger charge is -2.17. The Kier molecular flexibility index (Phi) is 6.28. The van der Waals surface area contributed by atoms with Gasteiger partial charge in [-0.25, -0.2) is 0 Å². The first-order valence-corrected chi connectivity index (χ1v) is 8.57. The van der Waals surface area contributed by atoms with Gasteiger partial charge in [0.05, 0.1) is 12.0 Å². The Hall–Kier alpha value is -2.95. The normalized spacial score (nSPS) is 11.7. The summed E-state index contributed by atoms with van der Waals surface area (Å²) in [6, 6.07) is 4.35. The first-order chi connectivity index (χ1) is 12.4. The molecule has 5 heteroatoms. The lowest BCUT2D eigenvalue weighted by molar-refractivity contribution is 0.981. The molecule has 1 aromatic carbocycles. The Morgan fingerprint density at radius 1 is 1.19 bits per heavy atom. The van der Waals surface area contributed by atoms with Crippen LogP contribution < -0.4 is 5.32 Å². The maximum Gasteiger partial charge on any atom is 0.170 e. The number of aryl methyl sites for hydroxylation is 3. The number of allylic oxidation sites excluding steroid dienone is 4. The van der Waals surface area contributed by atoms with E-state index in [4.69, 9.17) is 0 Å². The van der Waals surface area contributed by atoms with Gasteiger partial charge in [-0.2, -0.15) is 0 Å². The van der Waals surface area contributed by atoms with Crippen molar-refractivity contribution in [1.29, 1.82) is 0 Å². The third-order valence-corrected chi connectivity index (χ3v) is 4.06. The van der Waals surface area contributed by atoms with E-state index in [1.165, 1.54) is 16.7 Å². The highest BCUT2D eigenvalue weighted by Gasteiger charge is 2.18. The number of rotatable bonds is 6. The second-order valence-corrected chi connectivity index (χ2v) is 6.49. The molecule has 0 bridgehead atoms. The van der Waals surface area contributed by atoms with Gasteiger partial charge in [0.2, 0.25) is 0 Å². The summed E-state index contributed by atoms with van der Waals surface area (Å²) in [4.78, 5) is 4.03. The Balaban J connectivity index is 2.69. The molecule has 1 heterocycles. The summed E-state index contributed by atoms with van der Waals surface area (Å²) in [5, 5.41) is 11.8. The van der Waals surface area contributed by atoms with E-state index >= 15 is 0 Å². The van der Waals surface area contributed by atoms with Crippen molar-refractivity contribution in [2.24, 2.45) is 4.99 Å². The van der Waals surface area contributed by atoms with Crippen LogP contribution in [0.15, 0.2) is 53.5 Å². The Bertz CT molecular complexity index is 870. The van der Waals surface area contributed by atoms with Crippen molar-refractivity contribution in [3.8, 4) is 5.69 Å². The number of nitrogens with one attached hydrogen (secondary N) is 1. The largest absolute Gasteiger partial charge is 0.346 e. The van der Waals surface area contributed by atoms with Crippen LogP contribution in [-0.2, 0) is 0 Å². The summed E-state index contributed by atoms with van der Waals surface area (Å²) in [6.45, 7) is 14.3. The zero-order chi connectivity index (χ0) is 19.3. The average Bonchev–Trinajstić information content (AvgIpc) is 3.02. The standard InChI is InChI=1S/C21H27N5/c1-8-9-18(19(14(2)3)23-12-22-7)21-25-24-13-26(21)20-16(5)10-15(4)11-17(20)6/h8-13H,1H2,2-7H3,(H,22,23)/b18-9+. The monoisotopic (exact) mass is 349 g/mol. The van der Waals surface area contributed by atoms with Crippen molar-refractivity contribution in [2.45, 2.75) is 34.6 Å². The van der Waals surface area contributed by atoms with Crippen LogP contribution in [0.3, 0.4) is 0 Å². The average molecular weight is 349 g/mol. The van der Waals surface area contributed by atoms with Gasteiger partial charge in [-0.1, -0.05) is 35.9 Å². The smallest absolute Gasteiger partial charge is 0.170 e. The van der Waals surface area contributed by atoms with Gasteiger partial charge >= 0.3 is 0 Å². The van der Waals surface area contributed by atoms with E-state index < -0.39 is 0 Å². The van der Waals surface area contributed by atoms with Crippen LogP contribution >= 0.6 is 0 Å². The Morgan fingerprint density at radius 2 is 1.85 bits per heavy atom. The number of aliphatic imine (C=N–C) groups is 1. The minimum absolute atomic E-state index is 0.758. The molecule has 0 radical (unpaired) electrons. The molecule has 0 aliphatic heterocycles. The minimum atomic E-state index is 0.758. The summed E-state index contributed by atoms with van der Waals surface area (Å²) < 4.78 is 2.03. The van der Waals surface area contributed by atoms with Gasteiger partial charge in [-0.3, -0.25) is 9.56 Å². The highest BCUT2D eigenvalue weighted by Crippen LogP contribution is 2.28. The van der Waals surface area contributed by atoms with E-state index in [1.54, 1.807) is 25.8 Å². The molecule has 0 saturated carbocycles. The second kappa shape index (κ2) is 8.43. The SMILES string of the molecule is C=C/C=C(\C(NC=NC)=C(C)C)c1nncn1-c1c(C)cc(C)cc1C. The zero-order valence-corrected chi connectivity index (χ0v) is 16.5. The molecule has 0 spiro atoms. The molecule has 0 aliphatic carbocycles. The molecular formula is C21H27N5. The van der Waals surface area contributed by atoms with Crippen molar-refractivity contribution in [1.82, 2.24) is 20.1 Å². The van der Waals surface area contributed by atoms with E-state index in [9.17, 15) is 0 Å². The van der Waals surface area contributed by atoms with Gasteiger partial charge in [0.1, 0.15) is 6.33 Å². The van der Waals surface area contributed by atoms with E-state index in [-0.39, 0.29) is 0 Å². The summed E-state index contributed by atoms with van der Waals surface area (Å²) in [5.41, 5.74) is 7.68. The van der Waals surface area contributed by atoms with Crippen LogP contribution in [0.2, 0.25) is 0 Å². The summed E-state index contributed by atoms with van der Waals surface area (Å²) in [7, 11) is 1.73. The minimum Gasteiger partial charge on any atom is -0.346 e. The topological polar surface area (TPSA) is 55.1 Å². The fourth-order valence-corrected chi connectivity index (χ4v) is 3.14. The summed E-state index contributed by atoms with van der Waals surface area (Å²) in [6.07, 6.45) is 7.13. The predicted molar refractivity (Wildman–Crippen MR) is 110 cm³/mol. The molecule has 1 N–H and O–H groups in total. The molecule has 5 nitrogen and oxygen atoms in total. The highest BCUT2D eigenvalue weighted by molar-refractivity contribution is 5.81. The van der Waals surface area contributed by atoms with Crippen molar-refractivity contribution >= 4 is 11.9 Å². The molecule has 0 amide bonds. The van der Waals surface area contributed by atoms with Crippen molar-refractivity contribution in [2.75, 3.05) is 7.05 Å². The van der Waals surface area contributed by atoms with Crippen LogP contribution in [0.1, 0.15) is 36.4 Å². The molecule has 0 unspecified atom stereocenters. The Morgan fingerprint density at radius 3 is 2.38 bits per heavy atom. The van der Waals surface area contributed by atoms with Crippen molar-refractivity contribution in [3.63, 3.8) is 0 Å². The predicted octanol–water partition coefficient (Wildman–Crippen LogP) is 4.30. The molecular weight excluding hydrogens is 322 g/mol. The Labute approximate surface area is 155 Å². The first kappa shape index (κ1) is 19.4. The first-order valence-electron chi connectivity index (χ1n) is 8.57. The molecule has 2 rings (SSSR count). The lowest BCUT2D eigenvalue weighted by Crippen LogP contribution is -2.16. The lowest BCUT2D eigenvalue weighted by atomic mass is 10.0. The number of aromatic nitrogens is 3. The molecule has 1 aromatic heterocycles. The summed E-state index contributed by atoms with van der Waals surface area (Å²) in [5.74, 6) is 0.758. The zero-order valence-electron chi connectivity index (χ0n) is 16.5. The number of benzene rings is 1. The van der Waals surface area contributed by atoms with Gasteiger partial charge in [0, 0.05) is 18.3 Å². The van der Waals surface area contributed by atoms with Gasteiger partial charge in [-0.05, 0) is 51.8 Å². The van der Waals surface area contributed by atoms with Gasteiger partial charge in [0.25, 0.3) is 0 Å². The molecule has 26 heavy (non-hydrogen) atoms. The molecule has 0 aliphatic rings. The van der Waals surface area contributed by atoms with Crippen molar-refractivity contribution in [3.05, 3.63) is 71.0 Å². The van der Waals surface area contributed by atoms with E-state index in [1.807, 2.05) is 24.5 Å². The number of nitrogens with zero attached hydrogens (tertiary/aromatic N) is 4. The number of hydrogen-bond donors (Lipinski definition) is 1. The highest BCUT2D eigenvalue weighted by atomic mass is 15.3. The third kappa shape index (κ3) is 3.99. The third-order valence-electron chi connectivity index (χ3n) is 4.06. The maximum atomic E-state index is 4.41. The number of hydrogen-bond acceptors (Lipinski definition) is 3. The molecule has 2 aromatic rings. The van der Waals surface area contributed by atoms with E-state index in [0.29, 0.717) is 0 Å². The quantitative estimate of drug-likeness (QED) is 0.480. The van der Waals surface area contributed by atoms with Crippen LogP contribution in [0.25, 0.3) is 11.3 Å². The molecule has 0 fully saturated rings. The van der Waals surface area contributed by atoms with Gasteiger partial charge < -0.3 is 5.32 Å². The molecule has 0 atom stereocenters. The van der Waals surface area contributed by atoms with Crippen molar-refractivity contribution < 1.29 is 0 Å². The van der Waals surface area contributed by atoms with Gasteiger partial charge in [0.15, 0.2) is 5.82 Å². The van der Waals surface area contributed by atoms with E-state index in [2.05, 4.69) is 60.0 Å². The van der Waals surface area contributed by atoms with Crippen LogP contribution in [-0.4, -0.2) is 28.2 Å². The summed E-state index contributed by atoms with van der Waals surface area (Å²) >= 11 is 0. The maximum absolute atomic E-state index is 4.41. The van der Waals surface area contributed by atoms with Crippen LogP contribution in [0.4, 0.5) is 0 Å². The van der Waals surface area contributed by atoms with Crippen LogP contribution in [0.5, 0.6) is 0 Å². The van der Waals surface area contributed by atoms with Crippen LogP contribution in [0, 0.1) is 20.8 Å². The fraction of sp³-hybridized carbons (Fsp3) is 0.286. The fourth-order valence-electron chi connectivity index (χ4n) is 3.14. The molecule has 0 saturated heterocycles. The van der Waals surface area contributed by atoms with E-state index in [0.717, 1.165) is 28.4 Å². The molecule has 136 valence electrons. The van der Waals surface area contributed by atoms with Gasteiger partial charge in [-0.15, -0.1) is 10.2 Å².